The Balaban J connectivity index is 1.96. The van der Waals surface area contributed by atoms with Crippen molar-refractivity contribution in [2.24, 2.45) is 5.10 Å². The fraction of sp³-hybridized carbons (Fsp3) is 0.263. The van der Waals surface area contributed by atoms with E-state index in [4.69, 9.17) is 4.74 Å². The van der Waals surface area contributed by atoms with Gasteiger partial charge >= 0.3 is 0 Å². The molecule has 2 aromatic rings. The van der Waals surface area contributed by atoms with E-state index < -0.39 is 0 Å². The van der Waals surface area contributed by atoms with E-state index >= 15 is 0 Å². The number of hydrogen-bond donors (Lipinski definition) is 1. The zero-order chi connectivity index (χ0) is 18.6. The Hall–Kier alpha value is -1.66. The van der Waals surface area contributed by atoms with Crippen LogP contribution < -0.4 is 10.2 Å². The van der Waals surface area contributed by atoms with E-state index in [2.05, 4.69) is 61.4 Å². The van der Waals surface area contributed by atoms with Crippen molar-refractivity contribution in [2.45, 2.75) is 27.7 Å². The Kier molecular flexibility index (Phi) is 6.79. The molecular weight excluding hydrogens is 448 g/mol. The summed E-state index contributed by atoms with van der Waals surface area (Å²) in [5, 5.41) is 4.04. The SMILES string of the molecule is Cc1cc(C)c(/C=N/NC(=O)COc2c(C)cc(Br)cc2Br)c(C)c1. The molecule has 4 nitrogen and oxygen atoms in total. The van der Waals surface area contributed by atoms with Crippen LogP contribution in [0.1, 0.15) is 27.8 Å². The summed E-state index contributed by atoms with van der Waals surface area (Å²) in [6.07, 6.45) is 1.67. The van der Waals surface area contributed by atoms with Crippen LogP contribution in [0.5, 0.6) is 5.75 Å². The molecule has 0 unspecified atom stereocenters. The topological polar surface area (TPSA) is 50.7 Å². The van der Waals surface area contributed by atoms with E-state index in [1.54, 1.807) is 6.21 Å². The molecule has 0 aliphatic heterocycles. The second-order valence-corrected chi connectivity index (χ2v) is 7.70. The summed E-state index contributed by atoms with van der Waals surface area (Å²) in [6.45, 7) is 7.93. The molecule has 0 fully saturated rings. The standard InChI is InChI=1S/C19H20Br2N2O2/c1-11-5-12(2)16(13(3)6-11)9-22-23-18(24)10-25-19-14(4)7-15(20)8-17(19)21/h5-9H,10H2,1-4H3,(H,23,24)/b22-9+. The Bertz CT molecular complexity index is 786. The van der Waals surface area contributed by atoms with Gasteiger partial charge < -0.3 is 4.74 Å². The number of halogens is 2. The van der Waals surface area contributed by atoms with Crippen LogP contribution in [-0.4, -0.2) is 18.7 Å². The maximum Gasteiger partial charge on any atom is 0.277 e. The van der Waals surface area contributed by atoms with Gasteiger partial charge in [0, 0.05) is 10.0 Å². The predicted molar refractivity (Wildman–Crippen MR) is 108 cm³/mol. The minimum Gasteiger partial charge on any atom is -0.482 e. The third-order valence-corrected chi connectivity index (χ3v) is 4.71. The summed E-state index contributed by atoms with van der Waals surface area (Å²) >= 11 is 6.85. The molecule has 0 saturated carbocycles. The Morgan fingerprint density at radius 3 is 2.32 bits per heavy atom. The summed E-state index contributed by atoms with van der Waals surface area (Å²) in [6, 6.07) is 7.99. The van der Waals surface area contributed by atoms with E-state index in [0.29, 0.717) is 5.75 Å². The van der Waals surface area contributed by atoms with Gasteiger partial charge in [-0.05, 0) is 72.4 Å². The number of carbonyl (C=O) groups is 1. The zero-order valence-corrected chi connectivity index (χ0v) is 17.8. The Labute approximate surface area is 164 Å². The van der Waals surface area contributed by atoms with Crippen LogP contribution in [0.4, 0.5) is 0 Å². The first kappa shape index (κ1) is 19.7. The zero-order valence-electron chi connectivity index (χ0n) is 14.6. The molecule has 0 aliphatic rings. The molecule has 0 spiro atoms. The van der Waals surface area contributed by atoms with Crippen LogP contribution >= 0.6 is 31.9 Å². The summed E-state index contributed by atoms with van der Waals surface area (Å²) in [5.41, 5.74) is 7.91. The van der Waals surface area contributed by atoms with Gasteiger partial charge in [-0.25, -0.2) is 5.43 Å². The molecule has 25 heavy (non-hydrogen) atoms. The van der Waals surface area contributed by atoms with Crippen molar-refractivity contribution in [3.63, 3.8) is 0 Å². The fourth-order valence-corrected chi connectivity index (χ4v) is 4.16. The first-order valence-electron chi connectivity index (χ1n) is 7.76. The van der Waals surface area contributed by atoms with Gasteiger partial charge in [0.1, 0.15) is 5.75 Å². The van der Waals surface area contributed by atoms with Crippen LogP contribution in [0.2, 0.25) is 0 Å². The van der Waals surface area contributed by atoms with Gasteiger partial charge in [-0.15, -0.1) is 0 Å². The van der Waals surface area contributed by atoms with Crippen molar-refractivity contribution >= 4 is 44.0 Å². The molecule has 6 heteroatoms. The minimum atomic E-state index is -0.312. The maximum atomic E-state index is 11.9. The molecule has 0 atom stereocenters. The van der Waals surface area contributed by atoms with Crippen LogP contribution in [0.3, 0.4) is 0 Å². The molecule has 132 valence electrons. The highest BCUT2D eigenvalue weighted by Gasteiger charge is 2.09. The first-order chi connectivity index (χ1) is 11.8. The molecule has 0 saturated heterocycles. The predicted octanol–water partition coefficient (Wildman–Crippen LogP) is 4.97. The van der Waals surface area contributed by atoms with Crippen molar-refractivity contribution in [2.75, 3.05) is 6.61 Å². The highest BCUT2D eigenvalue weighted by molar-refractivity contribution is 9.11. The van der Waals surface area contributed by atoms with E-state index in [9.17, 15) is 4.79 Å². The number of hydrazone groups is 1. The molecule has 1 N–H and O–H groups in total. The average Bonchev–Trinajstić information content (AvgIpc) is 2.48. The molecule has 0 bridgehead atoms. The largest absolute Gasteiger partial charge is 0.482 e. The lowest BCUT2D eigenvalue weighted by Crippen LogP contribution is -2.25. The minimum absolute atomic E-state index is 0.107. The molecule has 0 aliphatic carbocycles. The first-order valence-corrected chi connectivity index (χ1v) is 9.34. The summed E-state index contributed by atoms with van der Waals surface area (Å²) in [5.74, 6) is 0.334. The Morgan fingerprint density at radius 2 is 1.72 bits per heavy atom. The fourth-order valence-electron chi connectivity index (χ4n) is 2.61. The van der Waals surface area contributed by atoms with Gasteiger partial charge in [0.15, 0.2) is 6.61 Å². The number of nitrogens with zero attached hydrogens (tertiary/aromatic N) is 1. The van der Waals surface area contributed by atoms with Crippen molar-refractivity contribution in [3.05, 3.63) is 61.0 Å². The molecule has 0 aromatic heterocycles. The van der Waals surface area contributed by atoms with Gasteiger partial charge in [0.2, 0.25) is 0 Å². The second kappa shape index (κ2) is 8.63. The van der Waals surface area contributed by atoms with Crippen LogP contribution in [0.15, 0.2) is 38.3 Å². The van der Waals surface area contributed by atoms with Crippen molar-refractivity contribution in [1.82, 2.24) is 5.43 Å². The van der Waals surface area contributed by atoms with E-state index in [0.717, 1.165) is 31.2 Å². The van der Waals surface area contributed by atoms with Crippen molar-refractivity contribution in [3.8, 4) is 5.75 Å². The monoisotopic (exact) mass is 466 g/mol. The molecule has 0 heterocycles. The second-order valence-electron chi connectivity index (χ2n) is 5.93. The van der Waals surface area contributed by atoms with Gasteiger partial charge in [-0.3, -0.25) is 4.79 Å². The van der Waals surface area contributed by atoms with E-state index in [-0.39, 0.29) is 12.5 Å². The lowest BCUT2D eigenvalue weighted by Gasteiger charge is -2.11. The van der Waals surface area contributed by atoms with Crippen LogP contribution in [0.25, 0.3) is 0 Å². The molecular formula is C19H20Br2N2O2. The van der Waals surface area contributed by atoms with Gasteiger partial charge in [-0.1, -0.05) is 33.6 Å². The summed E-state index contributed by atoms with van der Waals surface area (Å²) in [4.78, 5) is 11.9. The van der Waals surface area contributed by atoms with Crippen molar-refractivity contribution in [1.29, 1.82) is 0 Å². The highest BCUT2D eigenvalue weighted by Crippen LogP contribution is 2.32. The number of rotatable bonds is 5. The molecule has 2 rings (SSSR count). The van der Waals surface area contributed by atoms with E-state index in [1.165, 1.54) is 5.56 Å². The number of ether oxygens (including phenoxy) is 1. The van der Waals surface area contributed by atoms with Crippen LogP contribution in [0, 0.1) is 27.7 Å². The van der Waals surface area contributed by atoms with Crippen molar-refractivity contribution < 1.29 is 9.53 Å². The average molecular weight is 468 g/mol. The van der Waals surface area contributed by atoms with Crippen LogP contribution in [-0.2, 0) is 4.79 Å². The highest BCUT2D eigenvalue weighted by atomic mass is 79.9. The number of aryl methyl sites for hydroxylation is 4. The number of nitrogens with one attached hydrogen (secondary N) is 1. The third kappa shape index (κ3) is 5.41. The summed E-state index contributed by atoms with van der Waals surface area (Å²) in [7, 11) is 0. The van der Waals surface area contributed by atoms with Gasteiger partial charge in [-0.2, -0.15) is 5.10 Å². The van der Waals surface area contributed by atoms with Gasteiger partial charge in [0.25, 0.3) is 5.91 Å². The lowest BCUT2D eigenvalue weighted by atomic mass is 10.0. The lowest BCUT2D eigenvalue weighted by molar-refractivity contribution is -0.123. The normalized spacial score (nSPS) is 11.0. The Morgan fingerprint density at radius 1 is 1.08 bits per heavy atom. The maximum absolute atomic E-state index is 11.9. The molecule has 2 aromatic carbocycles. The van der Waals surface area contributed by atoms with E-state index in [1.807, 2.05) is 32.9 Å². The quantitative estimate of drug-likeness (QED) is 0.498. The van der Waals surface area contributed by atoms with Gasteiger partial charge in [0.05, 0.1) is 10.7 Å². The summed E-state index contributed by atoms with van der Waals surface area (Å²) < 4.78 is 7.34. The number of carbonyl (C=O) groups excluding carboxylic acids is 1. The third-order valence-electron chi connectivity index (χ3n) is 3.66. The number of benzene rings is 2. The smallest absolute Gasteiger partial charge is 0.277 e. The number of amides is 1. The number of hydrogen-bond acceptors (Lipinski definition) is 3. The molecule has 1 amide bonds. The molecule has 0 radical (unpaired) electrons.